The van der Waals surface area contributed by atoms with Crippen molar-refractivity contribution in [1.82, 2.24) is 0 Å². The van der Waals surface area contributed by atoms with Crippen molar-refractivity contribution in [3.63, 3.8) is 0 Å². The first kappa shape index (κ1) is 7.95. The average Bonchev–Trinajstić information content (AvgIpc) is 1.67. The molecule has 3 heteroatoms. The molecule has 0 aromatic carbocycles. The first-order valence-electron chi connectivity index (χ1n) is 2.44. The molecule has 0 amide bonds. The van der Waals surface area contributed by atoms with Crippen LogP contribution in [0.25, 0.3) is 0 Å². The molecule has 0 atom stereocenters. The molecule has 0 saturated heterocycles. The maximum atomic E-state index is 10.2. The summed E-state index contributed by atoms with van der Waals surface area (Å²) in [5.41, 5.74) is 0. The molecule has 0 aromatic rings. The van der Waals surface area contributed by atoms with Gasteiger partial charge < -0.3 is 0 Å². The van der Waals surface area contributed by atoms with Crippen molar-refractivity contribution in [1.29, 1.82) is 0 Å². The van der Waals surface area contributed by atoms with Crippen LogP contribution in [0.3, 0.4) is 0 Å². The van der Waals surface area contributed by atoms with Crippen LogP contribution >= 0.6 is 0 Å². The van der Waals surface area contributed by atoms with Gasteiger partial charge in [-0.1, -0.05) is 6.92 Å². The minimum Gasteiger partial charge on any atom is -0.231 e. The van der Waals surface area contributed by atoms with Crippen LogP contribution in [-0.2, 0) is 10.7 Å². The maximum Gasteiger partial charge on any atom is 0.145 e. The van der Waals surface area contributed by atoms with Gasteiger partial charge in [-0.2, -0.15) is 0 Å². The second kappa shape index (κ2) is 2.49. The van der Waals surface area contributed by atoms with Crippen molar-refractivity contribution in [2.45, 2.75) is 25.0 Å². The minimum absolute atomic E-state index is 0.436. The van der Waals surface area contributed by atoms with Gasteiger partial charge in [0.2, 0.25) is 0 Å². The highest BCUT2D eigenvalue weighted by atomic mass is 32.2. The molecule has 0 aliphatic carbocycles. The van der Waals surface area contributed by atoms with Gasteiger partial charge in [0.05, 0.1) is 4.75 Å². The van der Waals surface area contributed by atoms with E-state index in [1.165, 1.54) is 0 Å². The van der Waals surface area contributed by atoms with Gasteiger partial charge >= 0.3 is 0 Å². The lowest BCUT2D eigenvalue weighted by atomic mass is 10.1. The molecule has 0 N–H and O–H groups in total. The molecule has 0 fully saturated rings. The molecule has 2 nitrogen and oxygen atoms in total. The van der Waals surface area contributed by atoms with Gasteiger partial charge in [0.15, 0.2) is 0 Å². The molecule has 0 spiro atoms. The average molecular weight is 135 g/mol. The molecule has 49 valence electrons. The second-order valence-electron chi connectivity index (χ2n) is 2.32. The first-order chi connectivity index (χ1) is 3.50. The quantitative estimate of drug-likeness (QED) is 0.563. The van der Waals surface area contributed by atoms with E-state index in [0.717, 1.165) is 0 Å². The Balaban J connectivity index is 4.13. The summed E-state index contributed by atoms with van der Waals surface area (Å²) in [6, 6.07) is 0. The Morgan fingerprint density at radius 3 is 1.88 bits per heavy atom. The van der Waals surface area contributed by atoms with Crippen molar-refractivity contribution >= 4 is 10.7 Å². The number of hydrogen-bond acceptors (Lipinski definition) is 2. The Labute approximate surface area is 51.9 Å². The van der Waals surface area contributed by atoms with Crippen LogP contribution in [-0.4, -0.2) is 13.2 Å². The predicted molar refractivity (Wildman–Crippen MR) is 34.4 cm³/mol. The van der Waals surface area contributed by atoms with Crippen LogP contribution in [0.5, 0.6) is 0 Å². The number of rotatable bonds is 2. The van der Waals surface area contributed by atoms with E-state index in [4.69, 9.17) is 0 Å². The van der Waals surface area contributed by atoms with Gasteiger partial charge in [-0.15, -0.1) is 0 Å². The van der Waals surface area contributed by atoms with Crippen LogP contribution in [0.1, 0.15) is 20.3 Å². The summed E-state index contributed by atoms with van der Waals surface area (Å²) in [4.78, 5) is 0. The highest BCUT2D eigenvalue weighted by molar-refractivity contribution is 7.74. The molecule has 0 heterocycles. The van der Waals surface area contributed by atoms with E-state index in [-0.39, 0.29) is 0 Å². The summed E-state index contributed by atoms with van der Waals surface area (Å²) in [7, 11) is -2.31. The van der Waals surface area contributed by atoms with Gasteiger partial charge in [0.25, 0.3) is 0 Å². The van der Waals surface area contributed by atoms with E-state index in [2.05, 4.69) is 6.92 Å². The molecule has 0 aliphatic rings. The predicted octanol–water partition coefficient (Wildman–Crippen LogP) is 0.601. The second-order valence-corrected chi connectivity index (χ2v) is 4.04. The summed E-state index contributed by atoms with van der Waals surface area (Å²) >= 11 is 0. The minimum atomic E-state index is -2.31. The molecule has 0 aliphatic heterocycles. The largest absolute Gasteiger partial charge is 0.231 e. The van der Waals surface area contributed by atoms with E-state index in [1.807, 2.05) is 0 Å². The number of hydrogen-bond donors (Lipinski definition) is 1. The van der Waals surface area contributed by atoms with Gasteiger partial charge in [-0.3, -0.25) is 0 Å². The Hall–Kier alpha value is -0.0500. The third-order valence-electron chi connectivity index (χ3n) is 1.11. The lowest BCUT2D eigenvalue weighted by Gasteiger charge is -2.11. The Morgan fingerprint density at radius 2 is 1.88 bits per heavy atom. The monoisotopic (exact) mass is 135 g/mol. The topological polar surface area (TPSA) is 34.1 Å². The zero-order valence-electron chi connectivity index (χ0n) is 5.18. The molecule has 0 bridgehead atoms. The van der Waals surface area contributed by atoms with Crippen LogP contribution in [0.4, 0.5) is 0 Å². The highest BCUT2D eigenvalue weighted by Gasteiger charge is 2.17. The fourth-order valence-electron chi connectivity index (χ4n) is 0.0913. The van der Waals surface area contributed by atoms with Crippen molar-refractivity contribution in [2.75, 3.05) is 0 Å². The molecule has 1 radical (unpaired) electrons. The molecular formula is C5H11O2S. The van der Waals surface area contributed by atoms with Crippen LogP contribution < -0.4 is 0 Å². The van der Waals surface area contributed by atoms with Crippen molar-refractivity contribution in [3.8, 4) is 0 Å². The normalized spacial score (nSPS) is 12.5. The van der Waals surface area contributed by atoms with E-state index >= 15 is 0 Å². The fraction of sp³-hybridized carbons (Fsp3) is 0.800. The molecule has 8 heavy (non-hydrogen) atoms. The SMILES string of the molecule is [CH2]CC(C)(C)[SH](=O)=O. The Kier molecular flexibility index (Phi) is 2.47. The van der Waals surface area contributed by atoms with E-state index in [9.17, 15) is 8.42 Å². The lowest BCUT2D eigenvalue weighted by molar-refractivity contribution is 0.568. The summed E-state index contributed by atoms with van der Waals surface area (Å²) in [5.74, 6) is 0. The Bertz CT molecular complexity index is 127. The summed E-state index contributed by atoms with van der Waals surface area (Å²) < 4.78 is 19.9. The van der Waals surface area contributed by atoms with Crippen LogP contribution in [0, 0.1) is 6.92 Å². The van der Waals surface area contributed by atoms with Gasteiger partial charge in [-0.25, -0.2) is 8.42 Å². The van der Waals surface area contributed by atoms with Gasteiger partial charge in [0, 0.05) is 0 Å². The van der Waals surface area contributed by atoms with E-state index in [0.29, 0.717) is 6.42 Å². The standard InChI is InChI=1S/C5H11O2S/c1-4-5(2,3)8(6)7/h8H,1,4H2,2-3H3. The van der Waals surface area contributed by atoms with Crippen molar-refractivity contribution < 1.29 is 8.42 Å². The zero-order valence-corrected chi connectivity index (χ0v) is 6.07. The lowest BCUT2D eigenvalue weighted by Crippen LogP contribution is -2.19. The third-order valence-corrected chi connectivity index (χ3v) is 2.32. The maximum absolute atomic E-state index is 10.2. The molecular weight excluding hydrogens is 124 g/mol. The Morgan fingerprint density at radius 1 is 1.50 bits per heavy atom. The molecule has 0 rings (SSSR count). The fourth-order valence-corrected chi connectivity index (χ4v) is 0.274. The summed E-state index contributed by atoms with van der Waals surface area (Å²) in [6.45, 7) is 6.81. The van der Waals surface area contributed by atoms with Gasteiger partial charge in [-0.05, 0) is 20.3 Å². The van der Waals surface area contributed by atoms with Crippen molar-refractivity contribution in [2.24, 2.45) is 0 Å². The first-order valence-corrected chi connectivity index (χ1v) is 3.62. The smallest absolute Gasteiger partial charge is 0.145 e. The highest BCUT2D eigenvalue weighted by Crippen LogP contribution is 2.10. The zero-order chi connectivity index (χ0) is 6.78. The van der Waals surface area contributed by atoms with Crippen LogP contribution in [0.2, 0.25) is 0 Å². The number of thiol groups is 1. The summed E-state index contributed by atoms with van der Waals surface area (Å²) in [5, 5.41) is 0. The van der Waals surface area contributed by atoms with Crippen LogP contribution in [0.15, 0.2) is 0 Å². The third kappa shape index (κ3) is 1.82. The van der Waals surface area contributed by atoms with Crippen molar-refractivity contribution in [3.05, 3.63) is 6.92 Å². The summed E-state index contributed by atoms with van der Waals surface area (Å²) in [6.07, 6.45) is 0.436. The molecule has 0 unspecified atom stereocenters. The van der Waals surface area contributed by atoms with E-state index in [1.54, 1.807) is 13.8 Å². The van der Waals surface area contributed by atoms with Gasteiger partial charge in [0.1, 0.15) is 10.7 Å². The molecule has 0 saturated carbocycles. The molecule has 0 aromatic heterocycles. The van der Waals surface area contributed by atoms with E-state index < -0.39 is 15.5 Å².